The first-order valence-corrected chi connectivity index (χ1v) is 4.97. The van der Waals surface area contributed by atoms with Crippen molar-refractivity contribution < 1.29 is 0 Å². The zero-order valence-corrected chi connectivity index (χ0v) is 9.20. The maximum Gasteiger partial charge on any atom is 0.203 e. The molecule has 1 unspecified atom stereocenters. The van der Waals surface area contributed by atoms with Crippen LogP contribution in [0.4, 0.5) is 5.82 Å². The van der Waals surface area contributed by atoms with Gasteiger partial charge >= 0.3 is 0 Å². The zero-order valence-electron chi connectivity index (χ0n) is 9.20. The summed E-state index contributed by atoms with van der Waals surface area (Å²) >= 11 is 0. The van der Waals surface area contributed by atoms with Crippen molar-refractivity contribution in [2.45, 2.75) is 6.92 Å². The molecule has 0 saturated heterocycles. The number of nitrogens with zero attached hydrogens (tertiary/aromatic N) is 6. The van der Waals surface area contributed by atoms with Gasteiger partial charge in [-0.2, -0.15) is 5.26 Å². The number of aromatic nitrogens is 4. The molecule has 0 spiro atoms. The quantitative estimate of drug-likeness (QED) is 0.756. The van der Waals surface area contributed by atoms with Gasteiger partial charge in [0.2, 0.25) is 5.65 Å². The second-order valence-electron chi connectivity index (χ2n) is 3.72. The summed E-state index contributed by atoms with van der Waals surface area (Å²) in [5.74, 6) is 0.692. The zero-order chi connectivity index (χ0) is 11.5. The molecule has 6 heteroatoms. The van der Waals surface area contributed by atoms with Crippen molar-refractivity contribution in [1.82, 2.24) is 19.6 Å². The van der Waals surface area contributed by atoms with Crippen molar-refractivity contribution in [2.24, 2.45) is 5.92 Å². The topological polar surface area (TPSA) is 70.1 Å². The van der Waals surface area contributed by atoms with Crippen molar-refractivity contribution in [2.75, 3.05) is 18.5 Å². The van der Waals surface area contributed by atoms with Gasteiger partial charge in [0.1, 0.15) is 6.33 Å². The summed E-state index contributed by atoms with van der Waals surface area (Å²) in [4.78, 5) is 6.17. The van der Waals surface area contributed by atoms with E-state index in [1.165, 1.54) is 0 Å². The van der Waals surface area contributed by atoms with E-state index < -0.39 is 0 Å². The summed E-state index contributed by atoms with van der Waals surface area (Å²) in [6.45, 7) is 2.50. The third kappa shape index (κ3) is 1.80. The Hall–Kier alpha value is -2.16. The number of fused-ring (bicyclic) bond motifs is 1. The molecule has 0 radical (unpaired) electrons. The van der Waals surface area contributed by atoms with Crippen molar-refractivity contribution in [3.05, 3.63) is 18.7 Å². The molecule has 0 aliphatic carbocycles. The Morgan fingerprint density at radius 2 is 2.44 bits per heavy atom. The van der Waals surface area contributed by atoms with Gasteiger partial charge in [0.15, 0.2) is 5.82 Å². The number of hydrogen-bond donors (Lipinski definition) is 0. The van der Waals surface area contributed by atoms with Crippen LogP contribution in [0.3, 0.4) is 0 Å². The third-order valence-electron chi connectivity index (χ3n) is 2.33. The molecule has 0 bridgehead atoms. The Bertz CT molecular complexity index is 525. The monoisotopic (exact) mass is 216 g/mol. The molecule has 1 atom stereocenters. The molecular weight excluding hydrogens is 204 g/mol. The van der Waals surface area contributed by atoms with E-state index in [0.717, 1.165) is 5.82 Å². The third-order valence-corrected chi connectivity index (χ3v) is 2.33. The standard InChI is InChI=1S/C10H12N6/c1-8(5-11)6-15(2)9-10-14-13-7-16(10)4-3-12-9/h3-4,7-8H,6H2,1-2H3. The normalized spacial score (nSPS) is 12.3. The van der Waals surface area contributed by atoms with E-state index in [9.17, 15) is 0 Å². The van der Waals surface area contributed by atoms with Crippen LogP contribution in [0.1, 0.15) is 6.92 Å². The molecule has 0 aromatic carbocycles. The van der Waals surface area contributed by atoms with Gasteiger partial charge in [-0.3, -0.25) is 4.40 Å². The lowest BCUT2D eigenvalue weighted by Gasteiger charge is -2.18. The van der Waals surface area contributed by atoms with Crippen LogP contribution in [0.15, 0.2) is 18.7 Å². The predicted molar refractivity (Wildman–Crippen MR) is 58.8 cm³/mol. The lowest BCUT2D eigenvalue weighted by atomic mass is 10.2. The highest BCUT2D eigenvalue weighted by Gasteiger charge is 2.12. The molecule has 2 rings (SSSR count). The number of hydrogen-bond acceptors (Lipinski definition) is 5. The van der Waals surface area contributed by atoms with Crippen LogP contribution in [-0.4, -0.2) is 33.2 Å². The van der Waals surface area contributed by atoms with Crippen LogP contribution in [0.5, 0.6) is 0 Å². The summed E-state index contributed by atoms with van der Waals surface area (Å²) in [6.07, 6.45) is 5.11. The van der Waals surface area contributed by atoms with E-state index in [-0.39, 0.29) is 5.92 Å². The van der Waals surface area contributed by atoms with Gasteiger partial charge < -0.3 is 4.90 Å². The SMILES string of the molecule is CC(C#N)CN(C)c1nccn2cnnc12. The first kappa shape index (κ1) is 10.4. The second kappa shape index (κ2) is 4.14. The first-order chi connectivity index (χ1) is 7.72. The molecule has 82 valence electrons. The fourth-order valence-corrected chi connectivity index (χ4v) is 1.55. The highest BCUT2D eigenvalue weighted by molar-refractivity contribution is 5.62. The maximum absolute atomic E-state index is 8.77. The highest BCUT2D eigenvalue weighted by atomic mass is 15.3. The fraction of sp³-hybridized carbons (Fsp3) is 0.400. The second-order valence-corrected chi connectivity index (χ2v) is 3.72. The van der Waals surface area contributed by atoms with Gasteiger partial charge in [-0.15, -0.1) is 10.2 Å². The highest BCUT2D eigenvalue weighted by Crippen LogP contribution is 2.15. The van der Waals surface area contributed by atoms with Crippen LogP contribution in [0, 0.1) is 17.2 Å². The summed E-state index contributed by atoms with van der Waals surface area (Å²) in [5, 5.41) is 16.6. The molecule has 0 aliphatic rings. The Morgan fingerprint density at radius 3 is 3.19 bits per heavy atom. The average molecular weight is 216 g/mol. The summed E-state index contributed by atoms with van der Waals surface area (Å²) in [7, 11) is 1.89. The molecule has 16 heavy (non-hydrogen) atoms. The average Bonchev–Trinajstić information content (AvgIpc) is 2.76. The van der Waals surface area contributed by atoms with E-state index in [1.807, 2.05) is 18.9 Å². The largest absolute Gasteiger partial charge is 0.355 e. The number of nitriles is 1. The van der Waals surface area contributed by atoms with Gasteiger partial charge in [-0.25, -0.2) is 4.98 Å². The Labute approximate surface area is 93.2 Å². The maximum atomic E-state index is 8.77. The van der Waals surface area contributed by atoms with Gasteiger partial charge in [0.05, 0.1) is 12.0 Å². The summed E-state index contributed by atoms with van der Waals surface area (Å²) in [6, 6.07) is 2.20. The molecule has 2 aromatic heterocycles. The first-order valence-electron chi connectivity index (χ1n) is 4.97. The van der Waals surface area contributed by atoms with Crippen LogP contribution in [-0.2, 0) is 0 Å². The molecule has 0 amide bonds. The molecule has 0 fully saturated rings. The van der Waals surface area contributed by atoms with Crippen LogP contribution in [0.2, 0.25) is 0 Å². The van der Waals surface area contributed by atoms with Gasteiger partial charge in [0, 0.05) is 26.0 Å². The van der Waals surface area contributed by atoms with E-state index in [4.69, 9.17) is 5.26 Å². The summed E-state index contributed by atoms with van der Waals surface area (Å²) < 4.78 is 1.80. The van der Waals surface area contributed by atoms with Crippen LogP contribution in [0.25, 0.3) is 5.65 Å². The van der Waals surface area contributed by atoms with E-state index in [0.29, 0.717) is 12.2 Å². The summed E-state index contributed by atoms with van der Waals surface area (Å²) in [5.41, 5.74) is 0.704. The molecule has 2 heterocycles. The van der Waals surface area contributed by atoms with Gasteiger partial charge in [-0.05, 0) is 6.92 Å². The lowest BCUT2D eigenvalue weighted by Crippen LogP contribution is -2.24. The van der Waals surface area contributed by atoms with E-state index >= 15 is 0 Å². The minimum atomic E-state index is -0.0463. The molecule has 0 saturated carbocycles. The molecular formula is C10H12N6. The van der Waals surface area contributed by atoms with Crippen molar-refractivity contribution in [3.63, 3.8) is 0 Å². The van der Waals surface area contributed by atoms with Crippen molar-refractivity contribution in [3.8, 4) is 6.07 Å². The van der Waals surface area contributed by atoms with Crippen molar-refractivity contribution in [1.29, 1.82) is 5.26 Å². The lowest BCUT2D eigenvalue weighted by molar-refractivity contribution is 0.710. The smallest absolute Gasteiger partial charge is 0.203 e. The Morgan fingerprint density at radius 1 is 1.62 bits per heavy atom. The van der Waals surface area contributed by atoms with Crippen molar-refractivity contribution >= 4 is 11.5 Å². The molecule has 0 N–H and O–H groups in total. The van der Waals surface area contributed by atoms with E-state index in [2.05, 4.69) is 21.3 Å². The number of rotatable bonds is 3. The Kier molecular flexibility index (Phi) is 2.68. The Balaban J connectivity index is 2.32. The van der Waals surface area contributed by atoms with Crippen LogP contribution >= 0.6 is 0 Å². The molecule has 6 nitrogen and oxygen atoms in total. The minimum absolute atomic E-state index is 0.0463. The van der Waals surface area contributed by atoms with Crippen LogP contribution < -0.4 is 4.90 Å². The van der Waals surface area contributed by atoms with E-state index in [1.54, 1.807) is 23.1 Å². The fourth-order valence-electron chi connectivity index (χ4n) is 1.55. The molecule has 2 aromatic rings. The minimum Gasteiger partial charge on any atom is -0.355 e. The van der Waals surface area contributed by atoms with Gasteiger partial charge in [0.25, 0.3) is 0 Å². The number of anilines is 1. The van der Waals surface area contributed by atoms with Gasteiger partial charge in [-0.1, -0.05) is 0 Å². The molecule has 0 aliphatic heterocycles. The predicted octanol–water partition coefficient (Wildman–Crippen LogP) is 0.720.